The number of nitrogens with zero attached hydrogens (tertiary/aromatic N) is 5. The average Bonchev–Trinajstić information content (AvgIpc) is 3.88. The van der Waals surface area contributed by atoms with Crippen molar-refractivity contribution in [1.82, 2.24) is 24.7 Å². The molecule has 0 amide bonds. The second kappa shape index (κ2) is 18.2. The van der Waals surface area contributed by atoms with E-state index in [-0.39, 0.29) is 31.9 Å². The maximum Gasteiger partial charge on any atom is 0.178 e. The van der Waals surface area contributed by atoms with Crippen molar-refractivity contribution in [3.63, 3.8) is 0 Å². The zero-order valence-corrected chi connectivity index (χ0v) is 41.3. The summed E-state index contributed by atoms with van der Waals surface area (Å²) < 4.78 is 17.2. The average molecular weight is 1030 g/mol. The summed E-state index contributed by atoms with van der Waals surface area (Å²) >= 11 is 0. The molecule has 0 bridgehead atoms. The van der Waals surface area contributed by atoms with Crippen molar-refractivity contribution >= 4 is 57.3 Å². The summed E-state index contributed by atoms with van der Waals surface area (Å²) in [5.41, 5.74) is 13.7. The van der Waals surface area contributed by atoms with Gasteiger partial charge in [0, 0.05) is 44.1 Å². The van der Waals surface area contributed by atoms with Crippen molar-refractivity contribution in [2.24, 2.45) is 0 Å². The van der Waals surface area contributed by atoms with Crippen molar-refractivity contribution in [2.45, 2.75) is 78.9 Å². The summed E-state index contributed by atoms with van der Waals surface area (Å²) in [6.45, 7) is 19.8. The Kier molecular flexibility index (Phi) is 12.3. The van der Waals surface area contributed by atoms with Gasteiger partial charge in [0.2, 0.25) is 0 Å². The van der Waals surface area contributed by atoms with Gasteiger partial charge >= 0.3 is 0 Å². The van der Waals surface area contributed by atoms with Crippen molar-refractivity contribution in [3.8, 4) is 39.5 Å². The quantitative estimate of drug-likeness (QED) is 0.112. The molecule has 4 heterocycles. The summed E-state index contributed by atoms with van der Waals surface area (Å²) in [6, 6.07) is 52.2. The number of benzene rings is 6. The maximum absolute atomic E-state index is 8.44. The smallest absolute Gasteiger partial charge is 0.178 e. The molecular weight excluding hydrogens is 979 g/mol. The van der Waals surface area contributed by atoms with E-state index >= 15 is 0 Å². The summed E-state index contributed by atoms with van der Waals surface area (Å²) in [7, 11) is -1.50. The molecule has 0 N–H and O–H groups in total. The van der Waals surface area contributed by atoms with Gasteiger partial charge in [-0.05, 0) is 75.1 Å². The van der Waals surface area contributed by atoms with E-state index in [0.29, 0.717) is 0 Å². The third kappa shape index (κ3) is 8.38. The van der Waals surface area contributed by atoms with Gasteiger partial charge in [0.05, 0.1) is 25.0 Å². The van der Waals surface area contributed by atoms with Gasteiger partial charge in [0.25, 0.3) is 0 Å². The molecule has 8 heteroatoms. The molecule has 10 rings (SSSR count). The normalized spacial score (nSPS) is 12.2. The number of hydrogen-bond donors (Lipinski definition) is 0. The molecule has 0 fully saturated rings. The van der Waals surface area contributed by atoms with E-state index in [1.807, 2.05) is 86.8 Å². The molecule has 6 nitrogen and oxygen atoms in total. The van der Waals surface area contributed by atoms with Crippen LogP contribution in [-0.4, -0.2) is 32.8 Å². The first-order valence-electron chi connectivity index (χ1n) is 22.4. The minimum Gasteiger partial charge on any atom is -0.501 e. The number of aromatic nitrogens is 5. The minimum atomic E-state index is -1.50. The van der Waals surface area contributed by atoms with Gasteiger partial charge < -0.3 is 14.0 Å². The fourth-order valence-electron chi connectivity index (χ4n) is 8.57. The Labute approximate surface area is 392 Å². The zero-order valence-electron chi connectivity index (χ0n) is 38.9. The van der Waals surface area contributed by atoms with Crippen LogP contribution >= 0.6 is 0 Å². The Bertz CT molecular complexity index is 3280. The molecule has 1 radical (unpaired) electrons. The van der Waals surface area contributed by atoms with Crippen molar-refractivity contribution in [3.05, 3.63) is 168 Å². The predicted molar refractivity (Wildman–Crippen MR) is 265 cm³/mol. The van der Waals surface area contributed by atoms with Gasteiger partial charge in [0.1, 0.15) is 11.1 Å². The summed E-state index contributed by atoms with van der Waals surface area (Å²) in [5.74, 6) is 0.598. The largest absolute Gasteiger partial charge is 0.501 e. The number of fused-ring (bicyclic) bond motifs is 6. The SMILES string of the molecule is CC(C)c1cc(-c2ccccc2)cc(C(C)C)c1-n1c(-c2[c-]ccc3c2oc2ccccc23)nc2c3ccccc3nnc21.[2H]C(C)(C)c1cc(-c2[c-]cccc2)ncc1[Si](C)(C)C.[Ir]. The Balaban J connectivity index is 0.000000232. The first kappa shape index (κ1) is 43.2. The van der Waals surface area contributed by atoms with E-state index in [1.54, 1.807) is 0 Å². The van der Waals surface area contributed by atoms with Crippen LogP contribution in [0.1, 0.15) is 77.3 Å². The van der Waals surface area contributed by atoms with Gasteiger partial charge in [-0.15, -0.1) is 64.3 Å². The Morgan fingerprint density at radius 1 is 0.656 bits per heavy atom. The molecule has 10 aromatic rings. The van der Waals surface area contributed by atoms with Crippen LogP contribution in [0.2, 0.25) is 19.6 Å². The van der Waals surface area contributed by atoms with E-state index in [0.717, 1.165) is 77.9 Å². The molecule has 0 saturated carbocycles. The molecule has 64 heavy (non-hydrogen) atoms. The fourth-order valence-corrected chi connectivity index (χ4v) is 10.1. The molecular formula is C56H53IrN5OSi-2. The van der Waals surface area contributed by atoms with Crippen LogP contribution in [0.15, 0.2) is 144 Å². The van der Waals surface area contributed by atoms with Crippen LogP contribution in [0, 0.1) is 12.1 Å². The van der Waals surface area contributed by atoms with Crippen LogP contribution < -0.4 is 5.19 Å². The monoisotopic (exact) mass is 1030 g/mol. The van der Waals surface area contributed by atoms with Crippen LogP contribution in [0.4, 0.5) is 0 Å². The molecule has 4 aromatic heterocycles. The van der Waals surface area contributed by atoms with E-state index in [1.165, 1.54) is 27.4 Å². The van der Waals surface area contributed by atoms with Gasteiger partial charge in [-0.1, -0.05) is 150 Å². The molecule has 0 atom stereocenters. The van der Waals surface area contributed by atoms with Crippen molar-refractivity contribution < 1.29 is 25.9 Å². The number of furan rings is 1. The van der Waals surface area contributed by atoms with Gasteiger partial charge in [-0.3, -0.25) is 4.98 Å². The molecule has 0 aliphatic carbocycles. The minimum absolute atomic E-state index is 0. The topological polar surface area (TPSA) is 69.6 Å². The molecule has 0 aliphatic rings. The molecule has 6 aromatic carbocycles. The molecule has 0 saturated heterocycles. The molecule has 0 aliphatic heterocycles. The summed E-state index contributed by atoms with van der Waals surface area (Å²) in [4.78, 5) is 9.97. The van der Waals surface area contributed by atoms with Crippen molar-refractivity contribution in [2.75, 3.05) is 0 Å². The van der Waals surface area contributed by atoms with Crippen LogP contribution in [-0.2, 0) is 20.1 Å². The van der Waals surface area contributed by atoms with Crippen LogP contribution in [0.5, 0.6) is 0 Å². The van der Waals surface area contributed by atoms with Crippen LogP contribution in [0.25, 0.3) is 83.5 Å². The Morgan fingerprint density at radius 2 is 1.33 bits per heavy atom. The second-order valence-electron chi connectivity index (χ2n) is 18.2. The fraction of sp³-hybridized carbons (Fsp3) is 0.214. The predicted octanol–water partition coefficient (Wildman–Crippen LogP) is 14.5. The number of rotatable bonds is 8. The Morgan fingerprint density at radius 3 is 2.00 bits per heavy atom. The standard InChI is InChI=1S/C39H31N4O.C17H22NSi.Ir/c1-23(2)31-21-26(25-13-6-5-7-14-25)22-32(24(3)4)36(31)43-38(40-35-29-16-8-10-19-33(29)41-42-39(35)43)30-18-12-17-28-27-15-9-11-20-34(27)44-37(28)30;1-13(2)15-11-16(14-9-7-6-8-10-14)18-12-17(15)19(3,4)5;/h5-17,19-24H,1-4H3;6-9,11-13H,1-5H3;/q2*-1;/i;13D;. The van der Waals surface area contributed by atoms with Gasteiger partial charge in [-0.25, -0.2) is 0 Å². The van der Waals surface area contributed by atoms with E-state index < -0.39 is 14.0 Å². The van der Waals surface area contributed by atoms with Crippen LogP contribution in [0.3, 0.4) is 0 Å². The zero-order chi connectivity index (χ0) is 44.9. The van der Waals surface area contributed by atoms with Gasteiger partial charge in [-0.2, -0.15) is 0 Å². The first-order chi connectivity index (χ1) is 30.7. The third-order valence-electron chi connectivity index (χ3n) is 11.8. The maximum atomic E-state index is 8.44. The van der Waals surface area contributed by atoms with Gasteiger partial charge in [0.15, 0.2) is 5.65 Å². The van der Waals surface area contributed by atoms with E-state index in [9.17, 15) is 0 Å². The number of hydrogen-bond acceptors (Lipinski definition) is 5. The first-order valence-corrected chi connectivity index (χ1v) is 25.4. The number of pyridine rings is 1. The van der Waals surface area contributed by atoms with E-state index in [2.05, 4.69) is 141 Å². The van der Waals surface area contributed by atoms with E-state index in [4.69, 9.17) is 15.9 Å². The summed E-state index contributed by atoms with van der Waals surface area (Å²) in [6.07, 6.45) is 1.98. The molecule has 323 valence electrons. The number of para-hydroxylation sites is 1. The van der Waals surface area contributed by atoms with Crippen molar-refractivity contribution in [1.29, 1.82) is 0 Å². The second-order valence-corrected chi connectivity index (χ2v) is 23.2. The number of imidazole rings is 1. The Hall–Kier alpha value is -6.05. The summed E-state index contributed by atoms with van der Waals surface area (Å²) in [5, 5.41) is 13.9. The third-order valence-corrected chi connectivity index (χ3v) is 13.8. The molecule has 0 spiro atoms. The molecule has 0 unspecified atom stereocenters.